The molecule has 1 aliphatic carbocycles. The zero-order valence-electron chi connectivity index (χ0n) is 13.4. The van der Waals surface area contributed by atoms with Gasteiger partial charge in [-0.25, -0.2) is 0 Å². The molecular formula is C13H13N3. The maximum absolute atomic E-state index is 8.53. The molecule has 0 fully saturated rings. The van der Waals surface area contributed by atoms with Crippen molar-refractivity contribution in [3.63, 3.8) is 0 Å². The molecular weight excluding hydrogens is 198 g/mol. The van der Waals surface area contributed by atoms with Gasteiger partial charge in [0.1, 0.15) is 0 Å². The number of nitrogens with two attached hydrogens (primary N) is 1. The zero-order valence-corrected chi connectivity index (χ0v) is 8.41. The van der Waals surface area contributed by atoms with Crippen LogP contribution < -0.4 is 11.1 Å². The Labute approximate surface area is 102 Å². The Balaban J connectivity index is 2.52. The number of anilines is 1. The molecule has 0 aromatic heterocycles. The van der Waals surface area contributed by atoms with Gasteiger partial charge in [-0.15, -0.1) is 0 Å². The van der Waals surface area contributed by atoms with Gasteiger partial charge in [-0.05, 0) is 29.7 Å². The molecule has 3 nitrogen and oxygen atoms in total. The fourth-order valence-electron chi connectivity index (χ4n) is 1.30. The number of hydrogen-bond donors (Lipinski definition) is 2. The van der Waals surface area contributed by atoms with Gasteiger partial charge in [-0.2, -0.15) is 5.26 Å². The van der Waals surface area contributed by atoms with Crippen LogP contribution in [0.25, 0.3) is 5.57 Å². The molecule has 80 valence electrons. The van der Waals surface area contributed by atoms with Gasteiger partial charge in [0.25, 0.3) is 0 Å². The maximum Gasteiger partial charge on any atom is 0.181 e. The van der Waals surface area contributed by atoms with Crippen molar-refractivity contribution < 1.29 is 6.85 Å². The van der Waals surface area contributed by atoms with Crippen molar-refractivity contribution in [1.29, 1.82) is 5.26 Å². The van der Waals surface area contributed by atoms with Crippen LogP contribution in [0.15, 0.2) is 42.4 Å². The molecule has 0 saturated heterocycles. The van der Waals surface area contributed by atoms with Crippen LogP contribution in [0.4, 0.5) is 5.69 Å². The third-order valence-corrected chi connectivity index (χ3v) is 2.08. The lowest BCUT2D eigenvalue weighted by Gasteiger charge is -2.12. The first kappa shape index (κ1) is 5.88. The molecule has 16 heavy (non-hydrogen) atoms. The van der Waals surface area contributed by atoms with Gasteiger partial charge in [0.2, 0.25) is 0 Å². The SMILES string of the molecule is [2H]C1=C([2H])C([2H])(N)C([2H])C([2H])=C1c1ccc(NC#N)cc1. The average Bonchev–Trinajstić information content (AvgIpc) is 2.46. The number of hydrogen-bond acceptors (Lipinski definition) is 3. The van der Waals surface area contributed by atoms with Crippen molar-refractivity contribution in [3.8, 4) is 6.19 Å². The fraction of sp³-hybridized carbons (Fsp3) is 0.154. The molecule has 0 saturated carbocycles. The number of nitriles is 1. The first-order chi connectivity index (χ1) is 9.80. The van der Waals surface area contributed by atoms with Crippen molar-refractivity contribution in [3.05, 3.63) is 48.0 Å². The van der Waals surface area contributed by atoms with Crippen LogP contribution >= 0.6 is 0 Å². The summed E-state index contributed by atoms with van der Waals surface area (Å²) in [5.74, 6) is 0. The molecule has 0 bridgehead atoms. The second-order valence-electron chi connectivity index (χ2n) is 3.18. The molecule has 0 amide bonds. The lowest BCUT2D eigenvalue weighted by molar-refractivity contribution is 0.828. The predicted molar refractivity (Wildman–Crippen MR) is 65.4 cm³/mol. The van der Waals surface area contributed by atoms with Crippen LogP contribution in [0, 0.1) is 11.5 Å². The summed E-state index contributed by atoms with van der Waals surface area (Å²) in [7, 11) is 0. The number of allylic oxidation sites excluding steroid dienone is 2. The molecule has 3 heteroatoms. The van der Waals surface area contributed by atoms with E-state index in [-0.39, 0.29) is 17.7 Å². The summed E-state index contributed by atoms with van der Waals surface area (Å²) < 4.78 is 39.3. The van der Waals surface area contributed by atoms with Crippen molar-refractivity contribution in [2.45, 2.75) is 12.4 Å². The van der Waals surface area contributed by atoms with E-state index in [0.29, 0.717) is 11.3 Å². The van der Waals surface area contributed by atoms with Gasteiger partial charge in [0.15, 0.2) is 6.19 Å². The Morgan fingerprint density at radius 3 is 3.00 bits per heavy atom. The van der Waals surface area contributed by atoms with Crippen molar-refractivity contribution in [2.24, 2.45) is 5.73 Å². The van der Waals surface area contributed by atoms with E-state index in [1.54, 1.807) is 30.5 Å². The molecule has 0 spiro atoms. The van der Waals surface area contributed by atoms with Gasteiger partial charge in [-0.3, -0.25) is 5.32 Å². The molecule has 0 radical (unpaired) electrons. The standard InChI is InChI=1S/C13H13N3/c14-9-16-13-7-3-11(4-8-13)10-1-5-12(15)6-2-10/h1-5,7-8,12,16H,6,15H2/i1D,2D,5D,6D,12D. The van der Waals surface area contributed by atoms with E-state index in [9.17, 15) is 0 Å². The highest BCUT2D eigenvalue weighted by molar-refractivity contribution is 5.76. The molecule has 2 atom stereocenters. The monoisotopic (exact) mass is 216 g/mol. The van der Waals surface area contributed by atoms with E-state index < -0.39 is 18.5 Å². The summed E-state index contributed by atoms with van der Waals surface area (Å²) in [5.41, 5.74) is 6.72. The first-order valence-corrected chi connectivity index (χ1v) is 4.66. The van der Waals surface area contributed by atoms with E-state index in [0.717, 1.165) is 0 Å². The summed E-state index contributed by atoms with van der Waals surface area (Å²) in [4.78, 5) is 0. The molecule has 0 aliphatic heterocycles. The van der Waals surface area contributed by atoms with Crippen LogP contribution in [-0.4, -0.2) is 6.02 Å². The number of nitrogens with one attached hydrogen (secondary N) is 1. The molecule has 2 unspecified atom stereocenters. The summed E-state index contributed by atoms with van der Waals surface area (Å²) in [6.07, 6.45) is 0.354. The van der Waals surface area contributed by atoms with E-state index in [1.807, 2.05) is 0 Å². The van der Waals surface area contributed by atoms with Crippen LogP contribution in [0.1, 0.15) is 18.8 Å². The second kappa shape index (κ2) is 4.65. The van der Waals surface area contributed by atoms with Crippen molar-refractivity contribution in [1.82, 2.24) is 0 Å². The summed E-state index contributed by atoms with van der Waals surface area (Å²) in [6, 6.07) is 3.24. The fourth-order valence-corrected chi connectivity index (χ4v) is 1.30. The van der Waals surface area contributed by atoms with E-state index in [1.165, 1.54) is 0 Å². The maximum atomic E-state index is 8.53. The normalized spacial score (nSPS) is 34.2. The predicted octanol–water partition coefficient (Wildman–Crippen LogP) is 2.25. The van der Waals surface area contributed by atoms with Crippen LogP contribution in [0.3, 0.4) is 0 Å². The number of nitrogens with zero attached hydrogens (tertiary/aromatic N) is 1. The summed E-state index contributed by atoms with van der Waals surface area (Å²) in [6.45, 7) is 0. The lowest BCUT2D eigenvalue weighted by Crippen LogP contribution is -2.17. The van der Waals surface area contributed by atoms with Crippen molar-refractivity contribution >= 4 is 11.3 Å². The number of benzene rings is 1. The smallest absolute Gasteiger partial charge is 0.181 e. The highest BCUT2D eigenvalue weighted by Gasteiger charge is 2.05. The highest BCUT2D eigenvalue weighted by Crippen LogP contribution is 2.22. The van der Waals surface area contributed by atoms with Gasteiger partial charge in [-0.1, -0.05) is 30.3 Å². The topological polar surface area (TPSA) is 61.8 Å². The van der Waals surface area contributed by atoms with Crippen LogP contribution in [-0.2, 0) is 0 Å². The Kier molecular flexibility index (Phi) is 1.71. The third-order valence-electron chi connectivity index (χ3n) is 2.08. The third kappa shape index (κ3) is 2.30. The van der Waals surface area contributed by atoms with Crippen LogP contribution in [0.5, 0.6) is 0 Å². The summed E-state index contributed by atoms with van der Waals surface area (Å²) >= 11 is 0. The molecule has 2 rings (SSSR count). The zero-order chi connectivity index (χ0) is 15.8. The minimum atomic E-state index is -2.08. The highest BCUT2D eigenvalue weighted by atomic mass is 14.9. The second-order valence-corrected chi connectivity index (χ2v) is 3.18. The Bertz CT molecular complexity index is 670. The van der Waals surface area contributed by atoms with E-state index >= 15 is 0 Å². The minimum Gasteiger partial charge on any atom is -0.324 e. The quantitative estimate of drug-likeness (QED) is 0.588. The molecule has 3 N–H and O–H groups in total. The average molecular weight is 216 g/mol. The molecule has 1 aliphatic rings. The van der Waals surface area contributed by atoms with Gasteiger partial charge in [0.05, 0.1) is 5.48 Å². The van der Waals surface area contributed by atoms with Gasteiger partial charge >= 0.3 is 0 Å². The molecule has 0 heterocycles. The van der Waals surface area contributed by atoms with E-state index in [2.05, 4.69) is 5.32 Å². The summed E-state index contributed by atoms with van der Waals surface area (Å²) in [5, 5.41) is 11.0. The minimum absolute atomic E-state index is 0.122. The Morgan fingerprint density at radius 2 is 2.31 bits per heavy atom. The van der Waals surface area contributed by atoms with Crippen LogP contribution in [0.2, 0.25) is 0 Å². The first-order valence-electron chi connectivity index (χ1n) is 7.24. The van der Waals surface area contributed by atoms with Gasteiger partial charge in [0, 0.05) is 13.1 Å². The Hall–Kier alpha value is -2.05. The molecule has 1 aromatic rings. The lowest BCUT2D eigenvalue weighted by atomic mass is 9.97. The van der Waals surface area contributed by atoms with Gasteiger partial charge < -0.3 is 5.73 Å². The molecule has 1 aromatic carbocycles. The van der Waals surface area contributed by atoms with Crippen molar-refractivity contribution in [2.75, 3.05) is 5.32 Å². The number of rotatable bonds is 2. The largest absolute Gasteiger partial charge is 0.324 e. The van der Waals surface area contributed by atoms with E-state index in [4.69, 9.17) is 17.8 Å². The Morgan fingerprint density at radius 1 is 1.56 bits per heavy atom.